The molecule has 0 aliphatic heterocycles. The molecule has 0 fully saturated rings. The summed E-state index contributed by atoms with van der Waals surface area (Å²) < 4.78 is 2.39. The minimum absolute atomic E-state index is 1.09. The van der Waals surface area contributed by atoms with Gasteiger partial charge < -0.3 is 9.47 Å². The maximum Gasteiger partial charge on any atom is 0.0542 e. The number of para-hydroxylation sites is 3. The number of nitrogens with zero attached hydrogens (tertiary/aromatic N) is 2. The molecule has 0 spiro atoms. The van der Waals surface area contributed by atoms with Gasteiger partial charge in [0.25, 0.3) is 0 Å². The van der Waals surface area contributed by atoms with Gasteiger partial charge in [-0.3, -0.25) is 0 Å². The normalized spacial score (nSPS) is 11.5. The van der Waals surface area contributed by atoms with Crippen LogP contribution in [0.25, 0.3) is 93.2 Å². The molecule has 1 aromatic heterocycles. The van der Waals surface area contributed by atoms with Crippen LogP contribution < -0.4 is 4.90 Å². The summed E-state index contributed by atoms with van der Waals surface area (Å²) >= 11 is 0. The van der Waals surface area contributed by atoms with Crippen molar-refractivity contribution in [2.45, 2.75) is 0 Å². The lowest BCUT2D eigenvalue weighted by molar-refractivity contribution is 1.18. The Labute approximate surface area is 360 Å². The molecule has 0 saturated carbocycles. The highest BCUT2D eigenvalue weighted by molar-refractivity contribution is 6.22. The van der Waals surface area contributed by atoms with E-state index in [0.717, 1.165) is 22.7 Å². The lowest BCUT2D eigenvalue weighted by Crippen LogP contribution is -2.11. The maximum atomic E-state index is 2.46. The molecular formula is C60H40N2. The third-order valence-electron chi connectivity index (χ3n) is 12.5. The van der Waals surface area contributed by atoms with Crippen LogP contribution in [-0.2, 0) is 0 Å². The topological polar surface area (TPSA) is 8.17 Å². The number of fused-ring (bicyclic) bond motifs is 6. The van der Waals surface area contributed by atoms with E-state index in [4.69, 9.17) is 0 Å². The summed E-state index contributed by atoms with van der Waals surface area (Å²) in [6, 6.07) is 88.6. The van der Waals surface area contributed by atoms with Crippen LogP contribution in [0.5, 0.6) is 0 Å². The van der Waals surface area contributed by atoms with Crippen molar-refractivity contribution in [3.05, 3.63) is 243 Å². The van der Waals surface area contributed by atoms with Crippen LogP contribution in [-0.4, -0.2) is 4.57 Å². The average molecular weight is 789 g/mol. The molecule has 0 amide bonds. The van der Waals surface area contributed by atoms with Gasteiger partial charge in [-0.25, -0.2) is 0 Å². The van der Waals surface area contributed by atoms with E-state index in [1.165, 1.54) is 87.5 Å². The zero-order valence-corrected chi connectivity index (χ0v) is 34.0. The molecule has 0 unspecified atom stereocenters. The first-order chi connectivity index (χ1) is 30.8. The van der Waals surface area contributed by atoms with Crippen molar-refractivity contribution in [3.63, 3.8) is 0 Å². The molecule has 2 nitrogen and oxygen atoms in total. The van der Waals surface area contributed by atoms with Crippen molar-refractivity contribution >= 4 is 71.2 Å². The number of anilines is 3. The van der Waals surface area contributed by atoms with Gasteiger partial charge in [0.05, 0.1) is 16.7 Å². The van der Waals surface area contributed by atoms with E-state index in [2.05, 4.69) is 252 Å². The molecule has 0 aliphatic carbocycles. The maximum absolute atomic E-state index is 2.46. The van der Waals surface area contributed by atoms with Gasteiger partial charge in [0, 0.05) is 33.4 Å². The molecule has 12 aromatic rings. The molecule has 1 heterocycles. The molecule has 0 aliphatic rings. The molecule has 0 saturated heterocycles. The molecular weight excluding hydrogens is 749 g/mol. The molecule has 12 rings (SSSR count). The highest BCUT2D eigenvalue weighted by Crippen LogP contribution is 2.49. The fourth-order valence-electron chi connectivity index (χ4n) is 9.77. The van der Waals surface area contributed by atoms with Crippen LogP contribution >= 0.6 is 0 Å². The van der Waals surface area contributed by atoms with Crippen molar-refractivity contribution in [2.24, 2.45) is 0 Å². The molecule has 0 radical (unpaired) electrons. The molecule has 290 valence electrons. The summed E-state index contributed by atoms with van der Waals surface area (Å²) in [4.78, 5) is 2.46. The third-order valence-corrected chi connectivity index (χ3v) is 12.5. The Morgan fingerprint density at radius 2 is 0.823 bits per heavy atom. The number of hydrogen-bond acceptors (Lipinski definition) is 1. The summed E-state index contributed by atoms with van der Waals surface area (Å²) in [5, 5.41) is 9.85. The second kappa shape index (κ2) is 14.8. The summed E-state index contributed by atoms with van der Waals surface area (Å²) in [7, 11) is 0. The summed E-state index contributed by atoms with van der Waals surface area (Å²) in [5.41, 5.74) is 14.1. The second-order valence-electron chi connectivity index (χ2n) is 16.1. The minimum atomic E-state index is 1.09. The van der Waals surface area contributed by atoms with Crippen molar-refractivity contribution < 1.29 is 0 Å². The van der Waals surface area contributed by atoms with Gasteiger partial charge in [0.2, 0.25) is 0 Å². The first-order valence-electron chi connectivity index (χ1n) is 21.3. The molecule has 11 aromatic carbocycles. The lowest BCUT2D eigenvalue weighted by Gasteiger charge is -2.29. The second-order valence-corrected chi connectivity index (χ2v) is 16.1. The highest BCUT2D eigenvalue weighted by Gasteiger charge is 2.23. The van der Waals surface area contributed by atoms with Crippen LogP contribution in [0.1, 0.15) is 0 Å². The summed E-state index contributed by atoms with van der Waals surface area (Å²) in [5.74, 6) is 0. The van der Waals surface area contributed by atoms with E-state index in [-0.39, 0.29) is 0 Å². The van der Waals surface area contributed by atoms with E-state index in [0.29, 0.717) is 0 Å². The third kappa shape index (κ3) is 5.88. The van der Waals surface area contributed by atoms with Crippen LogP contribution in [0, 0.1) is 0 Å². The van der Waals surface area contributed by atoms with Gasteiger partial charge in [-0.2, -0.15) is 0 Å². The Morgan fingerprint density at radius 3 is 1.55 bits per heavy atom. The van der Waals surface area contributed by atoms with Crippen molar-refractivity contribution in [1.29, 1.82) is 0 Å². The number of hydrogen-bond donors (Lipinski definition) is 0. The van der Waals surface area contributed by atoms with Crippen LogP contribution in [0.15, 0.2) is 243 Å². The SMILES string of the molecule is c1ccc(-c2c3ccccc3c(-c3ccccc3N(c3ccc(-c4ccc5ccccc5c4)cc3)c3ccc4c(c3)c3ccccc3n4-c3ccccc3)c3ccccc23)cc1. The standard InChI is InChI=1S/C60H40N2/c1-3-18-43(19-4-1)59-50-24-9-11-26-52(50)60(53-27-12-10-25-51(53)59)54-28-14-16-30-57(54)61(47-35-33-42(34-36-47)45-32-31-41-17-7-8-20-44(41)39-45)48-37-38-58-55(40-48)49-23-13-15-29-56(49)62(58)46-21-5-2-6-22-46/h1-40H. The Balaban J connectivity index is 1.11. The van der Waals surface area contributed by atoms with E-state index in [1.54, 1.807) is 0 Å². The number of rotatable bonds is 7. The Hall–Kier alpha value is -8.20. The van der Waals surface area contributed by atoms with Gasteiger partial charge in [-0.05, 0) is 121 Å². The summed E-state index contributed by atoms with van der Waals surface area (Å²) in [6.07, 6.45) is 0. The van der Waals surface area contributed by atoms with Gasteiger partial charge in [0.15, 0.2) is 0 Å². The van der Waals surface area contributed by atoms with E-state index in [9.17, 15) is 0 Å². The zero-order valence-electron chi connectivity index (χ0n) is 34.0. The van der Waals surface area contributed by atoms with Crippen molar-refractivity contribution in [2.75, 3.05) is 4.90 Å². The predicted octanol–water partition coefficient (Wildman–Crippen LogP) is 16.7. The fourth-order valence-corrected chi connectivity index (χ4v) is 9.77. The first kappa shape index (κ1) is 35.7. The fraction of sp³-hybridized carbons (Fsp3) is 0. The van der Waals surface area contributed by atoms with E-state index >= 15 is 0 Å². The lowest BCUT2D eigenvalue weighted by atomic mass is 9.85. The quantitative estimate of drug-likeness (QED) is 0.146. The molecule has 0 bridgehead atoms. The Kier molecular flexibility index (Phi) is 8.53. The van der Waals surface area contributed by atoms with E-state index in [1.807, 2.05) is 0 Å². The Bertz CT molecular complexity index is 3560. The van der Waals surface area contributed by atoms with E-state index < -0.39 is 0 Å². The van der Waals surface area contributed by atoms with Gasteiger partial charge >= 0.3 is 0 Å². The molecule has 0 atom stereocenters. The Morgan fingerprint density at radius 1 is 0.290 bits per heavy atom. The smallest absolute Gasteiger partial charge is 0.0542 e. The number of aromatic nitrogens is 1. The first-order valence-corrected chi connectivity index (χ1v) is 21.3. The monoisotopic (exact) mass is 788 g/mol. The van der Waals surface area contributed by atoms with Gasteiger partial charge in [-0.15, -0.1) is 0 Å². The van der Waals surface area contributed by atoms with Gasteiger partial charge in [0.1, 0.15) is 0 Å². The average Bonchev–Trinajstić information content (AvgIpc) is 3.68. The molecule has 0 N–H and O–H groups in total. The largest absolute Gasteiger partial charge is 0.310 e. The minimum Gasteiger partial charge on any atom is -0.310 e. The van der Waals surface area contributed by atoms with Crippen LogP contribution in [0.2, 0.25) is 0 Å². The van der Waals surface area contributed by atoms with Crippen LogP contribution in [0.4, 0.5) is 17.1 Å². The highest BCUT2D eigenvalue weighted by atomic mass is 15.1. The summed E-state index contributed by atoms with van der Waals surface area (Å²) in [6.45, 7) is 0. The van der Waals surface area contributed by atoms with Crippen molar-refractivity contribution in [1.82, 2.24) is 4.57 Å². The van der Waals surface area contributed by atoms with Crippen LogP contribution in [0.3, 0.4) is 0 Å². The molecule has 2 heteroatoms. The zero-order chi connectivity index (χ0) is 41.0. The molecule has 62 heavy (non-hydrogen) atoms. The van der Waals surface area contributed by atoms with Crippen molar-refractivity contribution in [3.8, 4) is 39.1 Å². The predicted molar refractivity (Wildman–Crippen MR) is 264 cm³/mol. The van der Waals surface area contributed by atoms with Gasteiger partial charge in [-0.1, -0.05) is 182 Å². The number of benzene rings is 11.